The van der Waals surface area contributed by atoms with Crippen molar-refractivity contribution in [2.45, 2.75) is 25.6 Å². The van der Waals surface area contributed by atoms with Gasteiger partial charge in [-0.2, -0.15) is 0 Å². The van der Waals surface area contributed by atoms with E-state index >= 15 is 0 Å². The fourth-order valence-corrected chi connectivity index (χ4v) is 1.71. The number of ether oxygens (including phenoxy) is 1. The molecule has 0 saturated heterocycles. The lowest BCUT2D eigenvalue weighted by Gasteiger charge is -2.14. The summed E-state index contributed by atoms with van der Waals surface area (Å²) >= 11 is 6.14. The van der Waals surface area contributed by atoms with E-state index in [-0.39, 0.29) is 5.91 Å². The molecular formula is C13H18ClNO2. The van der Waals surface area contributed by atoms with E-state index in [1.165, 1.54) is 0 Å². The third-order valence-corrected chi connectivity index (χ3v) is 2.70. The standard InChI is InChI=1S/C13H18ClNO2/c1-3-9-15-13(16)12(14)10-7-5-6-8-11(10)17-4-2/h5-8,12H,3-4,9H2,1-2H3,(H,15,16). The minimum absolute atomic E-state index is 0.180. The summed E-state index contributed by atoms with van der Waals surface area (Å²) in [5, 5.41) is 2.07. The Kier molecular flexibility index (Phi) is 5.84. The highest BCUT2D eigenvalue weighted by Gasteiger charge is 2.20. The monoisotopic (exact) mass is 255 g/mol. The molecule has 0 radical (unpaired) electrons. The van der Waals surface area contributed by atoms with Gasteiger partial charge in [0, 0.05) is 12.1 Å². The molecule has 1 N–H and O–H groups in total. The van der Waals surface area contributed by atoms with Gasteiger partial charge >= 0.3 is 0 Å². The number of hydrogen-bond acceptors (Lipinski definition) is 2. The molecule has 0 bridgehead atoms. The summed E-state index contributed by atoms with van der Waals surface area (Å²) in [5.74, 6) is 0.488. The van der Waals surface area contributed by atoms with Crippen LogP contribution in [-0.4, -0.2) is 19.1 Å². The quantitative estimate of drug-likeness (QED) is 0.794. The van der Waals surface area contributed by atoms with Crippen LogP contribution >= 0.6 is 11.6 Å². The Labute approximate surface area is 107 Å². The summed E-state index contributed by atoms with van der Waals surface area (Å²) in [6.45, 7) is 5.09. The lowest BCUT2D eigenvalue weighted by molar-refractivity contribution is -0.120. The Hall–Kier alpha value is -1.22. The van der Waals surface area contributed by atoms with E-state index < -0.39 is 5.38 Å². The molecule has 3 nitrogen and oxygen atoms in total. The summed E-state index contributed by atoms with van der Waals surface area (Å²) in [6.07, 6.45) is 0.891. The van der Waals surface area contributed by atoms with Crippen molar-refractivity contribution in [2.24, 2.45) is 0 Å². The van der Waals surface area contributed by atoms with Crippen LogP contribution in [0.3, 0.4) is 0 Å². The summed E-state index contributed by atoms with van der Waals surface area (Å²) in [5.41, 5.74) is 0.713. The second kappa shape index (κ2) is 7.17. The number of carbonyl (C=O) groups excluding carboxylic acids is 1. The molecule has 94 valence electrons. The normalized spacial score (nSPS) is 11.9. The molecule has 1 aromatic carbocycles. The molecule has 0 fully saturated rings. The van der Waals surface area contributed by atoms with Gasteiger partial charge < -0.3 is 10.1 Å². The zero-order valence-electron chi connectivity index (χ0n) is 10.2. The topological polar surface area (TPSA) is 38.3 Å². The number of halogens is 1. The Balaban J connectivity index is 2.79. The van der Waals surface area contributed by atoms with Gasteiger partial charge in [-0.05, 0) is 19.4 Å². The van der Waals surface area contributed by atoms with Gasteiger partial charge in [-0.1, -0.05) is 25.1 Å². The van der Waals surface area contributed by atoms with Crippen LogP contribution in [0.1, 0.15) is 31.2 Å². The molecule has 1 unspecified atom stereocenters. The predicted molar refractivity (Wildman–Crippen MR) is 69.5 cm³/mol. The summed E-state index contributed by atoms with van der Waals surface area (Å²) in [7, 11) is 0. The number of benzene rings is 1. The smallest absolute Gasteiger partial charge is 0.242 e. The Morgan fingerprint density at radius 3 is 2.76 bits per heavy atom. The average molecular weight is 256 g/mol. The van der Waals surface area contributed by atoms with Crippen LogP contribution in [0.4, 0.5) is 0 Å². The number of hydrogen-bond donors (Lipinski definition) is 1. The average Bonchev–Trinajstić information content (AvgIpc) is 2.36. The molecule has 0 aliphatic heterocycles. The van der Waals surface area contributed by atoms with Gasteiger partial charge in [-0.3, -0.25) is 4.79 Å². The molecule has 0 saturated carbocycles. The highest BCUT2D eigenvalue weighted by molar-refractivity contribution is 6.31. The zero-order valence-corrected chi connectivity index (χ0v) is 11.0. The van der Waals surface area contributed by atoms with Crippen molar-refractivity contribution in [3.63, 3.8) is 0 Å². The predicted octanol–water partition coefficient (Wildman–Crippen LogP) is 2.89. The molecule has 1 amide bonds. The first-order valence-electron chi connectivity index (χ1n) is 5.84. The number of alkyl halides is 1. The van der Waals surface area contributed by atoms with Crippen molar-refractivity contribution in [3.8, 4) is 5.75 Å². The highest BCUT2D eigenvalue weighted by atomic mass is 35.5. The number of amides is 1. The fraction of sp³-hybridized carbons (Fsp3) is 0.462. The van der Waals surface area contributed by atoms with E-state index in [1.807, 2.05) is 38.1 Å². The fourth-order valence-electron chi connectivity index (χ4n) is 1.46. The van der Waals surface area contributed by atoms with Crippen LogP contribution < -0.4 is 10.1 Å². The molecule has 1 atom stereocenters. The van der Waals surface area contributed by atoms with Crippen molar-refractivity contribution < 1.29 is 9.53 Å². The maximum Gasteiger partial charge on any atom is 0.242 e. The van der Waals surface area contributed by atoms with E-state index in [0.717, 1.165) is 6.42 Å². The second-order valence-electron chi connectivity index (χ2n) is 3.62. The Bertz CT molecular complexity index is 368. The Morgan fingerprint density at radius 2 is 2.12 bits per heavy atom. The Morgan fingerprint density at radius 1 is 1.41 bits per heavy atom. The maximum atomic E-state index is 11.8. The van der Waals surface area contributed by atoms with Crippen LogP contribution in [0.2, 0.25) is 0 Å². The minimum atomic E-state index is -0.704. The first-order chi connectivity index (χ1) is 8.20. The third-order valence-electron chi connectivity index (χ3n) is 2.27. The molecular weight excluding hydrogens is 238 g/mol. The highest BCUT2D eigenvalue weighted by Crippen LogP contribution is 2.29. The van der Waals surface area contributed by atoms with Gasteiger partial charge in [0.15, 0.2) is 0 Å². The zero-order chi connectivity index (χ0) is 12.7. The van der Waals surface area contributed by atoms with Gasteiger partial charge in [0.1, 0.15) is 11.1 Å². The number of para-hydroxylation sites is 1. The molecule has 0 aromatic heterocycles. The van der Waals surface area contributed by atoms with E-state index in [4.69, 9.17) is 16.3 Å². The number of nitrogens with one attached hydrogen (secondary N) is 1. The molecule has 0 spiro atoms. The van der Waals surface area contributed by atoms with E-state index in [9.17, 15) is 4.79 Å². The van der Waals surface area contributed by atoms with Crippen molar-refractivity contribution in [2.75, 3.05) is 13.2 Å². The minimum Gasteiger partial charge on any atom is -0.494 e. The van der Waals surface area contributed by atoms with Crippen LogP contribution in [0.25, 0.3) is 0 Å². The van der Waals surface area contributed by atoms with Crippen molar-refractivity contribution in [3.05, 3.63) is 29.8 Å². The van der Waals surface area contributed by atoms with E-state index in [2.05, 4.69) is 5.32 Å². The van der Waals surface area contributed by atoms with Gasteiger partial charge in [0.2, 0.25) is 5.91 Å². The lowest BCUT2D eigenvalue weighted by atomic mass is 10.1. The van der Waals surface area contributed by atoms with Crippen LogP contribution in [0.15, 0.2) is 24.3 Å². The van der Waals surface area contributed by atoms with Crippen LogP contribution in [-0.2, 0) is 4.79 Å². The van der Waals surface area contributed by atoms with Gasteiger partial charge in [0.25, 0.3) is 0 Å². The van der Waals surface area contributed by atoms with Crippen molar-refractivity contribution >= 4 is 17.5 Å². The molecule has 4 heteroatoms. The molecule has 0 heterocycles. The van der Waals surface area contributed by atoms with Gasteiger partial charge in [-0.25, -0.2) is 0 Å². The molecule has 1 aromatic rings. The SMILES string of the molecule is CCCNC(=O)C(Cl)c1ccccc1OCC. The molecule has 0 aliphatic carbocycles. The molecule has 17 heavy (non-hydrogen) atoms. The third kappa shape index (κ3) is 3.93. The van der Waals surface area contributed by atoms with Gasteiger partial charge in [-0.15, -0.1) is 11.6 Å². The lowest BCUT2D eigenvalue weighted by Crippen LogP contribution is -2.27. The van der Waals surface area contributed by atoms with Crippen molar-refractivity contribution in [1.29, 1.82) is 0 Å². The summed E-state index contributed by atoms with van der Waals surface area (Å²) in [4.78, 5) is 11.8. The summed E-state index contributed by atoms with van der Waals surface area (Å²) < 4.78 is 5.45. The number of rotatable bonds is 6. The van der Waals surface area contributed by atoms with Gasteiger partial charge in [0.05, 0.1) is 6.61 Å². The van der Waals surface area contributed by atoms with E-state index in [0.29, 0.717) is 24.5 Å². The van der Waals surface area contributed by atoms with Crippen LogP contribution in [0, 0.1) is 0 Å². The second-order valence-corrected chi connectivity index (χ2v) is 4.06. The first-order valence-corrected chi connectivity index (χ1v) is 6.27. The van der Waals surface area contributed by atoms with E-state index in [1.54, 1.807) is 0 Å². The molecule has 0 aliphatic rings. The largest absolute Gasteiger partial charge is 0.494 e. The molecule has 1 rings (SSSR count). The van der Waals surface area contributed by atoms with Crippen LogP contribution in [0.5, 0.6) is 5.75 Å². The first kappa shape index (κ1) is 13.8. The van der Waals surface area contributed by atoms with Crippen molar-refractivity contribution in [1.82, 2.24) is 5.32 Å². The summed E-state index contributed by atoms with van der Waals surface area (Å²) in [6, 6.07) is 7.35. The maximum absolute atomic E-state index is 11.8. The number of carbonyl (C=O) groups is 1.